The number of halogens is 2. The maximum absolute atomic E-state index is 14.0. The lowest BCUT2D eigenvalue weighted by Crippen LogP contribution is -2.32. The maximum Gasteiger partial charge on any atom is 0.251 e. The van der Waals surface area contributed by atoms with Crippen molar-refractivity contribution in [2.75, 3.05) is 11.9 Å². The summed E-state index contributed by atoms with van der Waals surface area (Å²) in [7, 11) is 0. The van der Waals surface area contributed by atoms with E-state index < -0.39 is 17.0 Å². The maximum atomic E-state index is 14.0. The second-order valence-electron chi connectivity index (χ2n) is 6.35. The normalized spacial score (nSPS) is 14.7. The lowest BCUT2D eigenvalue weighted by Gasteiger charge is -2.17. The van der Waals surface area contributed by atoms with E-state index >= 15 is 0 Å². The Balaban J connectivity index is 1.65. The van der Waals surface area contributed by atoms with Gasteiger partial charge in [0.25, 0.3) is 5.91 Å². The molecule has 6 heteroatoms. The van der Waals surface area contributed by atoms with E-state index in [-0.39, 0.29) is 11.8 Å². The highest BCUT2D eigenvalue weighted by Crippen LogP contribution is 2.48. The summed E-state index contributed by atoms with van der Waals surface area (Å²) in [6, 6.07) is 10.1. The van der Waals surface area contributed by atoms with Crippen LogP contribution in [-0.2, 0) is 10.2 Å². The van der Waals surface area contributed by atoms with Gasteiger partial charge in [0.15, 0.2) is 0 Å². The standard InChI is InChI=1S/C19H18F2N2O2/c1-12(24)23-15-5-2-13(3-6-15)18(25)22-11-19(8-9-19)16-7-4-14(20)10-17(16)21/h2-7,10H,8-9,11H2,1H3,(H,22,25)(H,23,24). The van der Waals surface area contributed by atoms with Gasteiger partial charge in [-0.05, 0) is 48.7 Å². The first kappa shape index (κ1) is 17.1. The summed E-state index contributed by atoms with van der Waals surface area (Å²) < 4.78 is 27.1. The lowest BCUT2D eigenvalue weighted by molar-refractivity contribution is -0.114. The van der Waals surface area contributed by atoms with E-state index in [0.717, 1.165) is 18.9 Å². The molecule has 1 aliphatic carbocycles. The summed E-state index contributed by atoms with van der Waals surface area (Å²) >= 11 is 0. The number of carbonyl (C=O) groups excluding carboxylic acids is 2. The zero-order valence-corrected chi connectivity index (χ0v) is 13.7. The van der Waals surface area contributed by atoms with Crippen LogP contribution in [-0.4, -0.2) is 18.4 Å². The molecule has 0 atom stereocenters. The summed E-state index contributed by atoms with van der Waals surface area (Å²) in [6.07, 6.45) is 1.49. The van der Waals surface area contributed by atoms with Crippen LogP contribution in [0.3, 0.4) is 0 Å². The lowest BCUT2D eigenvalue weighted by atomic mass is 9.95. The van der Waals surface area contributed by atoms with Crippen LogP contribution in [0.2, 0.25) is 0 Å². The summed E-state index contributed by atoms with van der Waals surface area (Å²) in [4.78, 5) is 23.3. The molecule has 0 aromatic heterocycles. The van der Waals surface area contributed by atoms with E-state index in [0.29, 0.717) is 23.4 Å². The van der Waals surface area contributed by atoms with Gasteiger partial charge in [0.1, 0.15) is 11.6 Å². The molecule has 0 bridgehead atoms. The molecule has 130 valence electrons. The molecular formula is C19H18F2N2O2. The second-order valence-corrected chi connectivity index (χ2v) is 6.35. The average Bonchev–Trinajstić information content (AvgIpc) is 3.33. The Morgan fingerprint density at radius 1 is 1.08 bits per heavy atom. The molecule has 2 aromatic carbocycles. The molecule has 3 rings (SSSR count). The minimum Gasteiger partial charge on any atom is -0.351 e. The van der Waals surface area contributed by atoms with Gasteiger partial charge >= 0.3 is 0 Å². The Labute approximate surface area is 144 Å². The molecule has 0 unspecified atom stereocenters. The van der Waals surface area contributed by atoms with Gasteiger partial charge in [0.05, 0.1) is 0 Å². The molecule has 0 saturated heterocycles. The van der Waals surface area contributed by atoms with E-state index in [1.165, 1.54) is 19.1 Å². The van der Waals surface area contributed by atoms with E-state index in [1.54, 1.807) is 24.3 Å². The van der Waals surface area contributed by atoms with Crippen molar-refractivity contribution >= 4 is 17.5 Å². The third-order valence-electron chi connectivity index (χ3n) is 4.41. The summed E-state index contributed by atoms with van der Waals surface area (Å²) in [5, 5.41) is 5.44. The Hall–Kier alpha value is -2.76. The fourth-order valence-electron chi connectivity index (χ4n) is 2.87. The molecule has 1 fully saturated rings. The third-order valence-corrected chi connectivity index (χ3v) is 4.41. The van der Waals surface area contributed by atoms with Gasteiger partial charge in [-0.3, -0.25) is 9.59 Å². The Bertz CT molecular complexity index is 815. The molecule has 1 saturated carbocycles. The fraction of sp³-hybridized carbons (Fsp3) is 0.263. The van der Waals surface area contributed by atoms with Crippen LogP contribution in [0, 0.1) is 11.6 Å². The highest BCUT2D eigenvalue weighted by atomic mass is 19.1. The molecule has 1 aliphatic rings. The van der Waals surface area contributed by atoms with Crippen LogP contribution in [0.4, 0.5) is 14.5 Å². The average molecular weight is 344 g/mol. The predicted molar refractivity (Wildman–Crippen MR) is 90.3 cm³/mol. The number of rotatable bonds is 5. The van der Waals surface area contributed by atoms with Gasteiger partial charge in [-0.1, -0.05) is 6.07 Å². The molecule has 25 heavy (non-hydrogen) atoms. The Morgan fingerprint density at radius 3 is 2.32 bits per heavy atom. The van der Waals surface area contributed by atoms with Crippen molar-refractivity contribution in [1.29, 1.82) is 0 Å². The van der Waals surface area contributed by atoms with Crippen LogP contribution < -0.4 is 10.6 Å². The van der Waals surface area contributed by atoms with Gasteiger partial charge in [0.2, 0.25) is 5.91 Å². The SMILES string of the molecule is CC(=O)Nc1ccc(C(=O)NCC2(c3ccc(F)cc3F)CC2)cc1. The number of hydrogen-bond donors (Lipinski definition) is 2. The number of nitrogens with one attached hydrogen (secondary N) is 2. The van der Waals surface area contributed by atoms with Crippen LogP contribution in [0.5, 0.6) is 0 Å². The molecule has 2 aromatic rings. The third kappa shape index (κ3) is 3.84. The van der Waals surface area contributed by atoms with Gasteiger partial charge in [-0.25, -0.2) is 8.78 Å². The highest BCUT2D eigenvalue weighted by Gasteiger charge is 2.46. The molecule has 0 heterocycles. The molecule has 0 aliphatic heterocycles. The van der Waals surface area contributed by atoms with Crippen LogP contribution >= 0.6 is 0 Å². The molecule has 2 N–H and O–H groups in total. The van der Waals surface area contributed by atoms with Gasteiger partial charge in [-0.15, -0.1) is 0 Å². The summed E-state index contributed by atoms with van der Waals surface area (Å²) in [5.74, 6) is -1.65. The zero-order chi connectivity index (χ0) is 18.0. The quantitative estimate of drug-likeness (QED) is 0.874. The number of amides is 2. The first-order chi connectivity index (χ1) is 11.9. The molecule has 2 amide bonds. The molecule has 0 spiro atoms. The summed E-state index contributed by atoms with van der Waals surface area (Å²) in [6.45, 7) is 1.70. The monoisotopic (exact) mass is 344 g/mol. The number of carbonyl (C=O) groups is 2. The first-order valence-corrected chi connectivity index (χ1v) is 8.01. The Kier molecular flexibility index (Phi) is 4.53. The minimum atomic E-state index is -0.611. The van der Waals surface area contributed by atoms with Crippen LogP contribution in [0.25, 0.3) is 0 Å². The Morgan fingerprint density at radius 2 is 1.76 bits per heavy atom. The predicted octanol–water partition coefficient (Wildman–Crippen LogP) is 3.38. The molecule has 4 nitrogen and oxygen atoms in total. The number of benzene rings is 2. The highest BCUT2D eigenvalue weighted by molar-refractivity contribution is 5.95. The van der Waals surface area contributed by atoms with Crippen molar-refractivity contribution in [3.05, 3.63) is 65.2 Å². The van der Waals surface area contributed by atoms with Gasteiger partial charge < -0.3 is 10.6 Å². The topological polar surface area (TPSA) is 58.2 Å². The zero-order valence-electron chi connectivity index (χ0n) is 13.7. The number of hydrogen-bond acceptors (Lipinski definition) is 2. The van der Waals surface area contributed by atoms with Gasteiger partial charge in [-0.2, -0.15) is 0 Å². The van der Waals surface area contributed by atoms with Crippen molar-refractivity contribution < 1.29 is 18.4 Å². The molecular weight excluding hydrogens is 326 g/mol. The second kappa shape index (κ2) is 6.63. The van der Waals surface area contributed by atoms with Crippen LogP contribution in [0.1, 0.15) is 35.7 Å². The first-order valence-electron chi connectivity index (χ1n) is 8.01. The van der Waals surface area contributed by atoms with Crippen molar-refractivity contribution in [3.8, 4) is 0 Å². The molecule has 0 radical (unpaired) electrons. The van der Waals surface area contributed by atoms with E-state index in [4.69, 9.17) is 0 Å². The van der Waals surface area contributed by atoms with Crippen molar-refractivity contribution in [2.24, 2.45) is 0 Å². The van der Waals surface area contributed by atoms with Gasteiger partial charge in [0, 0.05) is 36.2 Å². The van der Waals surface area contributed by atoms with Crippen LogP contribution in [0.15, 0.2) is 42.5 Å². The smallest absolute Gasteiger partial charge is 0.251 e. The fourth-order valence-corrected chi connectivity index (χ4v) is 2.87. The number of anilines is 1. The largest absolute Gasteiger partial charge is 0.351 e. The van der Waals surface area contributed by atoms with Crippen molar-refractivity contribution in [1.82, 2.24) is 5.32 Å². The van der Waals surface area contributed by atoms with E-state index in [2.05, 4.69) is 10.6 Å². The van der Waals surface area contributed by atoms with Crippen molar-refractivity contribution in [3.63, 3.8) is 0 Å². The van der Waals surface area contributed by atoms with E-state index in [1.807, 2.05) is 0 Å². The summed E-state index contributed by atoms with van der Waals surface area (Å²) in [5.41, 5.74) is 1.04. The van der Waals surface area contributed by atoms with E-state index in [9.17, 15) is 18.4 Å². The van der Waals surface area contributed by atoms with Crippen molar-refractivity contribution in [2.45, 2.75) is 25.2 Å². The minimum absolute atomic E-state index is 0.186.